The molecule has 3 rings (SSSR count). The van der Waals surface area contributed by atoms with Crippen molar-refractivity contribution in [1.29, 1.82) is 0 Å². The Hall–Kier alpha value is -0.320. The van der Waals surface area contributed by atoms with Crippen LogP contribution in [0.25, 0.3) is 0 Å². The molecule has 1 amide bonds. The van der Waals surface area contributed by atoms with Crippen molar-refractivity contribution >= 4 is 18.3 Å². The Kier molecular flexibility index (Phi) is 5.09. The molecule has 0 spiro atoms. The number of hydrogen-bond acceptors (Lipinski definition) is 3. The number of carbonyl (C=O) groups is 1. The van der Waals surface area contributed by atoms with Gasteiger partial charge in [0.25, 0.3) is 0 Å². The predicted molar refractivity (Wildman–Crippen MR) is 76.2 cm³/mol. The lowest BCUT2D eigenvalue weighted by Gasteiger charge is -2.33. The van der Waals surface area contributed by atoms with Gasteiger partial charge in [-0.2, -0.15) is 0 Å². The third kappa shape index (κ3) is 3.23. The maximum atomic E-state index is 12.2. The molecule has 3 N–H and O–H groups in total. The number of fused-ring (bicyclic) bond motifs is 1. The van der Waals surface area contributed by atoms with Gasteiger partial charge in [-0.3, -0.25) is 4.79 Å². The lowest BCUT2D eigenvalue weighted by Crippen LogP contribution is -2.47. The van der Waals surface area contributed by atoms with E-state index >= 15 is 0 Å². The van der Waals surface area contributed by atoms with E-state index in [9.17, 15) is 4.79 Å². The van der Waals surface area contributed by atoms with Crippen LogP contribution in [-0.4, -0.2) is 30.7 Å². The third-order valence-corrected chi connectivity index (χ3v) is 4.95. The highest BCUT2D eigenvalue weighted by molar-refractivity contribution is 5.85. The van der Waals surface area contributed by atoms with E-state index < -0.39 is 0 Å². The van der Waals surface area contributed by atoms with E-state index in [-0.39, 0.29) is 30.3 Å². The topological polar surface area (TPSA) is 64.4 Å². The molecular weight excluding hydrogens is 264 g/mol. The summed E-state index contributed by atoms with van der Waals surface area (Å²) in [6, 6.07) is 0.574. The highest BCUT2D eigenvalue weighted by Crippen LogP contribution is 2.35. The minimum Gasteiger partial charge on any atom is -0.378 e. The van der Waals surface area contributed by atoms with Crippen LogP contribution in [0.5, 0.6) is 0 Å². The van der Waals surface area contributed by atoms with Crippen LogP contribution in [0.4, 0.5) is 0 Å². The number of ether oxygens (including phenoxy) is 1. The maximum Gasteiger partial charge on any atom is 0.223 e. The lowest BCUT2D eigenvalue weighted by atomic mass is 9.81. The molecule has 0 aromatic rings. The van der Waals surface area contributed by atoms with Crippen molar-refractivity contribution in [1.82, 2.24) is 5.32 Å². The second-order valence-corrected chi connectivity index (χ2v) is 6.18. The van der Waals surface area contributed by atoms with Crippen LogP contribution in [0.1, 0.15) is 44.9 Å². The standard InChI is InChI=1S/C14H24N2O2.ClH/c15-10-5-4-9(8-10)14(17)16-12-2-1-3-13-11(12)6-7-18-13;/h9-13H,1-8,15H2,(H,16,17);1H. The molecule has 2 saturated carbocycles. The molecule has 1 aliphatic heterocycles. The van der Waals surface area contributed by atoms with E-state index in [0.29, 0.717) is 18.1 Å². The van der Waals surface area contributed by atoms with E-state index in [2.05, 4.69) is 5.32 Å². The van der Waals surface area contributed by atoms with E-state index in [1.807, 2.05) is 0 Å². The van der Waals surface area contributed by atoms with Crippen LogP contribution >= 0.6 is 12.4 Å². The zero-order valence-corrected chi connectivity index (χ0v) is 12.2. The minimum atomic E-state index is 0. The molecule has 3 fully saturated rings. The largest absolute Gasteiger partial charge is 0.378 e. The summed E-state index contributed by atoms with van der Waals surface area (Å²) >= 11 is 0. The molecule has 5 unspecified atom stereocenters. The summed E-state index contributed by atoms with van der Waals surface area (Å²) in [5.41, 5.74) is 5.88. The maximum absolute atomic E-state index is 12.2. The first kappa shape index (κ1) is 15.1. The SMILES string of the molecule is Cl.NC1CCC(C(=O)NC2CCCC3OCCC23)C1. The monoisotopic (exact) mass is 288 g/mol. The highest BCUT2D eigenvalue weighted by Gasteiger charge is 2.39. The van der Waals surface area contributed by atoms with Crippen molar-refractivity contribution in [3.8, 4) is 0 Å². The average molecular weight is 289 g/mol. The summed E-state index contributed by atoms with van der Waals surface area (Å²) < 4.78 is 5.74. The number of amides is 1. The van der Waals surface area contributed by atoms with E-state index in [4.69, 9.17) is 10.5 Å². The van der Waals surface area contributed by atoms with E-state index in [1.165, 1.54) is 12.8 Å². The smallest absolute Gasteiger partial charge is 0.223 e. The molecule has 1 saturated heterocycles. The van der Waals surface area contributed by atoms with Gasteiger partial charge in [-0.05, 0) is 44.9 Å². The molecule has 110 valence electrons. The van der Waals surface area contributed by atoms with Gasteiger partial charge in [0.15, 0.2) is 0 Å². The lowest BCUT2D eigenvalue weighted by molar-refractivity contribution is -0.126. The van der Waals surface area contributed by atoms with Crippen LogP contribution in [-0.2, 0) is 9.53 Å². The van der Waals surface area contributed by atoms with Crippen molar-refractivity contribution in [3.63, 3.8) is 0 Å². The van der Waals surface area contributed by atoms with Crippen molar-refractivity contribution in [3.05, 3.63) is 0 Å². The van der Waals surface area contributed by atoms with Gasteiger partial charge in [0.05, 0.1) is 6.10 Å². The van der Waals surface area contributed by atoms with Crippen LogP contribution in [0, 0.1) is 11.8 Å². The molecule has 4 nitrogen and oxygen atoms in total. The first-order valence-electron chi connectivity index (χ1n) is 7.41. The van der Waals surface area contributed by atoms with Crippen LogP contribution in [0.15, 0.2) is 0 Å². The Morgan fingerprint density at radius 2 is 2.00 bits per heavy atom. The summed E-state index contributed by atoms with van der Waals surface area (Å²) in [7, 11) is 0. The van der Waals surface area contributed by atoms with Crippen LogP contribution in [0.3, 0.4) is 0 Å². The average Bonchev–Trinajstić information content (AvgIpc) is 2.97. The minimum absolute atomic E-state index is 0. The van der Waals surface area contributed by atoms with E-state index in [1.54, 1.807) is 0 Å². The summed E-state index contributed by atoms with van der Waals surface area (Å²) in [6.07, 6.45) is 7.80. The van der Waals surface area contributed by atoms with Crippen LogP contribution in [0.2, 0.25) is 0 Å². The predicted octanol–water partition coefficient (Wildman–Crippen LogP) is 1.61. The number of hydrogen-bond donors (Lipinski definition) is 2. The zero-order chi connectivity index (χ0) is 12.5. The second-order valence-electron chi connectivity index (χ2n) is 6.18. The molecule has 0 bridgehead atoms. The Morgan fingerprint density at radius 3 is 2.74 bits per heavy atom. The molecule has 3 aliphatic rings. The van der Waals surface area contributed by atoms with Gasteiger partial charge < -0.3 is 15.8 Å². The number of rotatable bonds is 2. The van der Waals surface area contributed by atoms with E-state index in [0.717, 1.165) is 38.7 Å². The second kappa shape index (κ2) is 6.42. The van der Waals surface area contributed by atoms with Gasteiger partial charge in [-0.15, -0.1) is 12.4 Å². The molecule has 5 atom stereocenters. The fraction of sp³-hybridized carbons (Fsp3) is 0.929. The Morgan fingerprint density at radius 1 is 1.16 bits per heavy atom. The Balaban J connectivity index is 0.00000133. The molecule has 0 aromatic heterocycles. The molecule has 0 aromatic carbocycles. The Labute approximate surface area is 121 Å². The Bertz CT molecular complexity index is 327. The molecule has 2 aliphatic carbocycles. The van der Waals surface area contributed by atoms with Crippen molar-refractivity contribution in [2.24, 2.45) is 17.6 Å². The number of halogens is 1. The fourth-order valence-electron chi connectivity index (χ4n) is 3.91. The third-order valence-electron chi connectivity index (χ3n) is 4.95. The number of carbonyl (C=O) groups excluding carboxylic acids is 1. The molecular formula is C14H25ClN2O2. The quantitative estimate of drug-likeness (QED) is 0.811. The normalized spacial score (nSPS) is 41.4. The zero-order valence-electron chi connectivity index (χ0n) is 11.3. The van der Waals surface area contributed by atoms with Crippen molar-refractivity contribution in [2.45, 2.75) is 63.1 Å². The first-order valence-corrected chi connectivity index (χ1v) is 7.41. The van der Waals surface area contributed by atoms with Crippen molar-refractivity contribution < 1.29 is 9.53 Å². The summed E-state index contributed by atoms with van der Waals surface area (Å²) in [5.74, 6) is 0.945. The summed E-state index contributed by atoms with van der Waals surface area (Å²) in [5, 5.41) is 3.28. The highest BCUT2D eigenvalue weighted by atomic mass is 35.5. The van der Waals surface area contributed by atoms with Gasteiger partial charge in [-0.1, -0.05) is 0 Å². The molecule has 0 radical (unpaired) electrons. The van der Waals surface area contributed by atoms with Gasteiger partial charge >= 0.3 is 0 Å². The fourth-order valence-corrected chi connectivity index (χ4v) is 3.91. The molecule has 19 heavy (non-hydrogen) atoms. The van der Waals surface area contributed by atoms with Gasteiger partial charge in [0.2, 0.25) is 5.91 Å². The first-order chi connectivity index (χ1) is 8.74. The van der Waals surface area contributed by atoms with Gasteiger partial charge in [0, 0.05) is 30.5 Å². The summed E-state index contributed by atoms with van der Waals surface area (Å²) in [6.45, 7) is 0.871. The van der Waals surface area contributed by atoms with Crippen LogP contribution < -0.4 is 11.1 Å². The summed E-state index contributed by atoms with van der Waals surface area (Å²) in [4.78, 5) is 12.2. The molecule has 1 heterocycles. The number of nitrogens with two attached hydrogens (primary N) is 1. The molecule has 5 heteroatoms. The van der Waals surface area contributed by atoms with Crippen molar-refractivity contribution in [2.75, 3.05) is 6.61 Å². The van der Waals surface area contributed by atoms with Gasteiger partial charge in [-0.25, -0.2) is 0 Å². The number of nitrogens with one attached hydrogen (secondary N) is 1. The van der Waals surface area contributed by atoms with Gasteiger partial charge in [0.1, 0.15) is 0 Å².